The summed E-state index contributed by atoms with van der Waals surface area (Å²) in [6.45, 7) is 7.96. The van der Waals surface area contributed by atoms with Crippen molar-refractivity contribution in [1.29, 1.82) is 0 Å². The van der Waals surface area contributed by atoms with Crippen molar-refractivity contribution in [1.82, 2.24) is 9.97 Å². The van der Waals surface area contributed by atoms with E-state index >= 15 is 0 Å². The molecule has 5 heteroatoms. The fraction of sp³-hybridized carbons (Fsp3) is 0.429. The molecule has 4 N–H and O–H groups in total. The number of amides is 1. The average Bonchev–Trinajstić information content (AvgIpc) is 2.71. The summed E-state index contributed by atoms with van der Waals surface area (Å²) in [6, 6.07) is 5.06. The Morgan fingerprint density at radius 1 is 1.42 bits per heavy atom. The lowest BCUT2D eigenvalue weighted by molar-refractivity contribution is -0.117. The highest BCUT2D eigenvalue weighted by atomic mass is 16.2. The minimum absolute atomic E-state index is 0.0335. The van der Waals surface area contributed by atoms with Crippen LogP contribution in [0, 0.1) is 0 Å². The predicted octanol–water partition coefficient (Wildman–Crippen LogP) is 2.15. The number of anilines is 1. The van der Waals surface area contributed by atoms with E-state index in [1.54, 1.807) is 6.92 Å². The fourth-order valence-electron chi connectivity index (χ4n) is 1.70. The average molecular weight is 260 g/mol. The van der Waals surface area contributed by atoms with Crippen LogP contribution in [0.1, 0.15) is 33.5 Å². The number of benzene rings is 1. The number of imidazole rings is 1. The van der Waals surface area contributed by atoms with Crippen LogP contribution in [-0.4, -0.2) is 21.9 Å². The largest absolute Gasteiger partial charge is 0.341 e. The quantitative estimate of drug-likeness (QED) is 0.773. The van der Waals surface area contributed by atoms with Crippen LogP contribution in [0.2, 0.25) is 0 Å². The third-order valence-corrected chi connectivity index (χ3v) is 2.87. The molecule has 1 amide bonds. The van der Waals surface area contributed by atoms with Crippen molar-refractivity contribution < 1.29 is 4.79 Å². The van der Waals surface area contributed by atoms with E-state index in [4.69, 9.17) is 5.73 Å². The van der Waals surface area contributed by atoms with Gasteiger partial charge < -0.3 is 16.0 Å². The van der Waals surface area contributed by atoms with Crippen molar-refractivity contribution in [3.05, 3.63) is 24.0 Å². The lowest BCUT2D eigenvalue weighted by atomic mass is 9.96. The summed E-state index contributed by atoms with van der Waals surface area (Å²) < 4.78 is 0. The Bertz CT molecular complexity index is 607. The minimum Gasteiger partial charge on any atom is -0.341 e. The van der Waals surface area contributed by atoms with E-state index < -0.39 is 6.04 Å². The van der Waals surface area contributed by atoms with Gasteiger partial charge in [0, 0.05) is 11.1 Å². The zero-order chi connectivity index (χ0) is 14.2. The molecule has 1 aromatic heterocycles. The molecule has 0 saturated heterocycles. The maximum Gasteiger partial charge on any atom is 0.240 e. The number of nitrogens with two attached hydrogens (primary N) is 1. The summed E-state index contributed by atoms with van der Waals surface area (Å²) in [6.07, 6.45) is 0. The lowest BCUT2D eigenvalue weighted by Crippen LogP contribution is -2.32. The Morgan fingerprint density at radius 2 is 2.11 bits per heavy atom. The summed E-state index contributed by atoms with van der Waals surface area (Å²) in [4.78, 5) is 19.4. The maximum absolute atomic E-state index is 11.6. The maximum atomic E-state index is 11.6. The molecule has 2 aromatic rings. The predicted molar refractivity (Wildman–Crippen MR) is 77.1 cm³/mol. The van der Waals surface area contributed by atoms with Crippen molar-refractivity contribution in [2.45, 2.75) is 39.2 Å². The third-order valence-electron chi connectivity index (χ3n) is 2.87. The topological polar surface area (TPSA) is 83.8 Å². The molecule has 0 unspecified atom stereocenters. The van der Waals surface area contributed by atoms with Crippen molar-refractivity contribution in [2.75, 3.05) is 5.32 Å². The molecule has 0 radical (unpaired) electrons. The van der Waals surface area contributed by atoms with Crippen LogP contribution < -0.4 is 11.1 Å². The van der Waals surface area contributed by atoms with E-state index in [9.17, 15) is 4.79 Å². The number of H-pyrrole nitrogens is 1. The molecule has 1 atom stereocenters. The van der Waals surface area contributed by atoms with E-state index in [1.807, 2.05) is 18.2 Å². The van der Waals surface area contributed by atoms with Gasteiger partial charge in [-0.2, -0.15) is 0 Å². The number of hydrogen-bond donors (Lipinski definition) is 3. The second-order valence-electron chi connectivity index (χ2n) is 5.85. The van der Waals surface area contributed by atoms with Crippen LogP contribution in [-0.2, 0) is 10.2 Å². The van der Waals surface area contributed by atoms with Crippen molar-refractivity contribution in [3.8, 4) is 0 Å². The van der Waals surface area contributed by atoms with Gasteiger partial charge in [0.1, 0.15) is 5.82 Å². The first-order chi connectivity index (χ1) is 8.77. The van der Waals surface area contributed by atoms with Gasteiger partial charge in [-0.15, -0.1) is 0 Å². The molecule has 0 aliphatic rings. The normalized spacial score (nSPS) is 13.5. The van der Waals surface area contributed by atoms with Gasteiger partial charge in [0.2, 0.25) is 5.91 Å². The number of aromatic amines is 1. The van der Waals surface area contributed by atoms with E-state index in [-0.39, 0.29) is 11.3 Å². The Labute approximate surface area is 112 Å². The zero-order valence-corrected chi connectivity index (χ0v) is 11.7. The highest BCUT2D eigenvalue weighted by Gasteiger charge is 2.18. The van der Waals surface area contributed by atoms with Gasteiger partial charge in [-0.3, -0.25) is 4.79 Å². The van der Waals surface area contributed by atoms with Gasteiger partial charge in [0.05, 0.1) is 17.1 Å². The SMILES string of the molecule is C[C@@H](N)C(=O)Nc1ccc2nc(C(C)(C)C)[nH]c2c1. The molecular formula is C14H20N4O. The van der Waals surface area contributed by atoms with Crippen LogP contribution in [0.4, 0.5) is 5.69 Å². The summed E-state index contributed by atoms with van der Waals surface area (Å²) in [7, 11) is 0. The molecule has 102 valence electrons. The van der Waals surface area contributed by atoms with E-state index in [0.29, 0.717) is 0 Å². The fourth-order valence-corrected chi connectivity index (χ4v) is 1.70. The standard InChI is InChI=1S/C14H20N4O/c1-8(15)12(19)16-9-5-6-10-11(7-9)18-13(17-10)14(2,3)4/h5-8H,15H2,1-4H3,(H,16,19)(H,17,18)/t8-/m1/s1. The molecule has 0 saturated carbocycles. The van der Waals surface area contributed by atoms with Gasteiger partial charge in [-0.05, 0) is 25.1 Å². The first-order valence-corrected chi connectivity index (χ1v) is 6.34. The highest BCUT2D eigenvalue weighted by Crippen LogP contribution is 2.24. The van der Waals surface area contributed by atoms with E-state index in [2.05, 4.69) is 36.1 Å². The number of nitrogens with zero attached hydrogens (tertiary/aromatic N) is 1. The smallest absolute Gasteiger partial charge is 0.240 e. The van der Waals surface area contributed by atoms with Crippen molar-refractivity contribution in [3.63, 3.8) is 0 Å². The van der Waals surface area contributed by atoms with Crippen LogP contribution in [0.25, 0.3) is 11.0 Å². The molecule has 0 aliphatic carbocycles. The Hall–Kier alpha value is -1.88. The molecule has 5 nitrogen and oxygen atoms in total. The second kappa shape index (κ2) is 4.66. The van der Waals surface area contributed by atoms with E-state index in [1.165, 1.54) is 0 Å². The monoisotopic (exact) mass is 260 g/mol. The molecule has 0 spiro atoms. The van der Waals surface area contributed by atoms with Crippen LogP contribution in [0.3, 0.4) is 0 Å². The van der Waals surface area contributed by atoms with Crippen LogP contribution >= 0.6 is 0 Å². The Morgan fingerprint density at radius 3 is 2.68 bits per heavy atom. The number of hydrogen-bond acceptors (Lipinski definition) is 3. The zero-order valence-electron chi connectivity index (χ0n) is 11.7. The Balaban J connectivity index is 2.33. The van der Waals surface area contributed by atoms with Crippen molar-refractivity contribution >= 4 is 22.6 Å². The summed E-state index contributed by atoms with van der Waals surface area (Å²) >= 11 is 0. The number of rotatable bonds is 2. The number of carbonyl (C=O) groups is 1. The van der Waals surface area contributed by atoms with Gasteiger partial charge in [-0.1, -0.05) is 20.8 Å². The van der Waals surface area contributed by atoms with E-state index in [0.717, 1.165) is 22.5 Å². The lowest BCUT2D eigenvalue weighted by Gasteiger charge is -2.13. The number of fused-ring (bicyclic) bond motifs is 1. The molecule has 0 fully saturated rings. The first-order valence-electron chi connectivity index (χ1n) is 6.34. The van der Waals surface area contributed by atoms with Crippen molar-refractivity contribution in [2.24, 2.45) is 5.73 Å². The Kier molecular flexibility index (Phi) is 3.32. The molecule has 19 heavy (non-hydrogen) atoms. The summed E-state index contributed by atoms with van der Waals surface area (Å²) in [5.41, 5.74) is 8.02. The second-order valence-corrected chi connectivity index (χ2v) is 5.85. The summed E-state index contributed by atoms with van der Waals surface area (Å²) in [5, 5.41) is 2.77. The molecule has 1 aromatic carbocycles. The van der Waals surface area contributed by atoms with Gasteiger partial charge >= 0.3 is 0 Å². The molecule has 1 heterocycles. The van der Waals surface area contributed by atoms with Gasteiger partial charge in [0.25, 0.3) is 0 Å². The summed E-state index contributed by atoms with van der Waals surface area (Å²) in [5.74, 6) is 0.730. The first kappa shape index (κ1) is 13.5. The highest BCUT2D eigenvalue weighted by molar-refractivity contribution is 5.96. The number of carbonyl (C=O) groups excluding carboxylic acids is 1. The molecular weight excluding hydrogens is 240 g/mol. The minimum atomic E-state index is -0.525. The third kappa shape index (κ3) is 2.93. The molecule has 2 rings (SSSR count). The van der Waals surface area contributed by atoms with Crippen LogP contribution in [0.15, 0.2) is 18.2 Å². The molecule has 0 bridgehead atoms. The number of nitrogens with one attached hydrogen (secondary N) is 2. The molecule has 0 aliphatic heterocycles. The van der Waals surface area contributed by atoms with Gasteiger partial charge in [-0.25, -0.2) is 4.98 Å². The van der Waals surface area contributed by atoms with Crippen LogP contribution in [0.5, 0.6) is 0 Å². The van der Waals surface area contributed by atoms with Gasteiger partial charge in [0.15, 0.2) is 0 Å². The number of aromatic nitrogens is 2.